The fraction of sp³-hybridized carbons (Fsp3) is 0.333. The van der Waals surface area contributed by atoms with E-state index in [4.69, 9.17) is 9.47 Å². The minimum Gasteiger partial charge on any atom is -0.353 e. The summed E-state index contributed by atoms with van der Waals surface area (Å²) in [5.41, 5.74) is -0.107. The lowest BCUT2D eigenvalue weighted by Gasteiger charge is -2.21. The van der Waals surface area contributed by atoms with Gasteiger partial charge in [-0.2, -0.15) is 0 Å². The van der Waals surface area contributed by atoms with Crippen LogP contribution < -0.4 is 4.72 Å². The van der Waals surface area contributed by atoms with E-state index in [1.807, 2.05) is 12.1 Å². The zero-order valence-corrected chi connectivity index (χ0v) is 20.0. The molecule has 12 heteroatoms. The number of rotatable bonds is 8. The van der Waals surface area contributed by atoms with Crippen molar-refractivity contribution in [1.82, 2.24) is 4.72 Å². The molecule has 1 atom stereocenters. The van der Waals surface area contributed by atoms with Gasteiger partial charge in [0.25, 0.3) is 11.4 Å². The second-order valence-corrected chi connectivity index (χ2v) is 9.31. The van der Waals surface area contributed by atoms with E-state index in [-0.39, 0.29) is 25.9 Å². The van der Waals surface area contributed by atoms with Gasteiger partial charge in [0.1, 0.15) is 6.61 Å². The number of hydrogen-bond acceptors (Lipinski definition) is 8. The van der Waals surface area contributed by atoms with Crippen molar-refractivity contribution in [2.45, 2.75) is 36.9 Å². The van der Waals surface area contributed by atoms with Gasteiger partial charge in [-0.05, 0) is 37.5 Å². The maximum absolute atomic E-state index is 12.5. The van der Waals surface area contributed by atoms with Crippen LogP contribution in [0.25, 0.3) is 0 Å². The topological polar surface area (TPSA) is 151 Å². The Hall–Kier alpha value is -3.81. The molecule has 0 radical (unpaired) electrons. The lowest BCUT2D eigenvalue weighted by molar-refractivity contribution is -0.396. The predicted octanol–water partition coefficient (Wildman–Crippen LogP) is 3.12. The third-order valence-corrected chi connectivity index (χ3v) is 6.54. The first-order valence-corrected chi connectivity index (χ1v) is 12.5. The summed E-state index contributed by atoms with van der Waals surface area (Å²) in [5, 5.41) is 22.1. The molecule has 1 aliphatic heterocycles. The van der Waals surface area contributed by atoms with Crippen molar-refractivity contribution < 1.29 is 27.7 Å². The zero-order valence-electron chi connectivity index (χ0n) is 19.1. The van der Waals surface area contributed by atoms with Gasteiger partial charge in [0.2, 0.25) is 10.0 Å². The van der Waals surface area contributed by atoms with Crippen LogP contribution in [0.2, 0.25) is 0 Å². The summed E-state index contributed by atoms with van der Waals surface area (Å²) in [6.07, 6.45) is 2.85. The van der Waals surface area contributed by atoms with Crippen molar-refractivity contribution in [1.29, 1.82) is 0 Å². The number of nitro benzene ring substituents is 2. The van der Waals surface area contributed by atoms with Crippen molar-refractivity contribution in [3.05, 3.63) is 73.8 Å². The highest BCUT2D eigenvalue weighted by Crippen LogP contribution is 2.28. The van der Waals surface area contributed by atoms with Crippen LogP contribution in [-0.2, 0) is 19.5 Å². The molecule has 1 heterocycles. The van der Waals surface area contributed by atoms with Crippen molar-refractivity contribution >= 4 is 21.4 Å². The second kappa shape index (κ2) is 12.8. The van der Waals surface area contributed by atoms with Crippen molar-refractivity contribution in [3.63, 3.8) is 0 Å². The van der Waals surface area contributed by atoms with Crippen LogP contribution in [0.15, 0.2) is 47.4 Å². The van der Waals surface area contributed by atoms with E-state index in [0.717, 1.165) is 31.4 Å². The van der Waals surface area contributed by atoms with Gasteiger partial charge in [-0.15, -0.1) is 0 Å². The highest BCUT2D eigenvalue weighted by atomic mass is 32.2. The summed E-state index contributed by atoms with van der Waals surface area (Å²) in [6, 6.07) is 9.57. The molecule has 188 valence electrons. The summed E-state index contributed by atoms with van der Waals surface area (Å²) in [4.78, 5) is 19.6. The molecule has 1 aliphatic rings. The Kier molecular flexibility index (Phi) is 9.50. The molecular formula is C24H23N3O8S. The van der Waals surface area contributed by atoms with Gasteiger partial charge in [-0.3, -0.25) is 20.2 Å². The lowest BCUT2D eigenvalue weighted by Crippen LogP contribution is -2.25. The first-order valence-electron chi connectivity index (χ1n) is 11.0. The Morgan fingerprint density at radius 2 is 1.75 bits per heavy atom. The van der Waals surface area contributed by atoms with E-state index in [1.165, 1.54) is 0 Å². The summed E-state index contributed by atoms with van der Waals surface area (Å²) in [6.45, 7) is 0.799. The Balaban J connectivity index is 1.59. The molecule has 1 N–H and O–H groups in total. The zero-order chi connectivity index (χ0) is 26.0. The minimum absolute atomic E-state index is 0.115. The molecule has 1 unspecified atom stereocenters. The molecule has 0 bridgehead atoms. The number of nitrogens with one attached hydrogen (secondary N) is 1. The Bertz CT molecular complexity index is 1350. The summed E-state index contributed by atoms with van der Waals surface area (Å²) in [5.74, 6) is 11.8. The molecule has 0 spiro atoms. The first kappa shape index (κ1) is 26.8. The van der Waals surface area contributed by atoms with Crippen LogP contribution in [-0.4, -0.2) is 44.3 Å². The third kappa shape index (κ3) is 7.60. The quantitative estimate of drug-likeness (QED) is 0.245. The molecule has 2 aromatic carbocycles. The normalized spacial score (nSPS) is 15.2. The number of sulfonamides is 1. The number of benzene rings is 2. The highest BCUT2D eigenvalue weighted by Gasteiger charge is 2.28. The van der Waals surface area contributed by atoms with E-state index in [0.29, 0.717) is 23.8 Å². The fourth-order valence-electron chi connectivity index (χ4n) is 3.28. The van der Waals surface area contributed by atoms with E-state index in [1.54, 1.807) is 12.1 Å². The van der Waals surface area contributed by atoms with Gasteiger partial charge >= 0.3 is 0 Å². The Morgan fingerprint density at radius 1 is 1.03 bits per heavy atom. The monoisotopic (exact) mass is 513 g/mol. The van der Waals surface area contributed by atoms with Gasteiger partial charge in [-0.25, -0.2) is 13.1 Å². The molecule has 0 saturated carbocycles. The average Bonchev–Trinajstić information content (AvgIpc) is 2.87. The third-order valence-electron chi connectivity index (χ3n) is 5.03. The lowest BCUT2D eigenvalue weighted by atomic mass is 10.1. The van der Waals surface area contributed by atoms with Crippen LogP contribution in [0.4, 0.5) is 11.4 Å². The second-order valence-electron chi connectivity index (χ2n) is 7.57. The van der Waals surface area contributed by atoms with Crippen LogP contribution in [0, 0.1) is 43.9 Å². The molecule has 36 heavy (non-hydrogen) atoms. The van der Waals surface area contributed by atoms with Gasteiger partial charge in [0.05, 0.1) is 15.9 Å². The average molecular weight is 514 g/mol. The Labute approximate surface area is 208 Å². The smallest absolute Gasteiger partial charge is 0.296 e. The summed E-state index contributed by atoms with van der Waals surface area (Å²) >= 11 is 0. The van der Waals surface area contributed by atoms with E-state index >= 15 is 0 Å². The van der Waals surface area contributed by atoms with Gasteiger partial charge in [0, 0.05) is 36.8 Å². The molecule has 0 aromatic heterocycles. The fourth-order valence-corrected chi connectivity index (χ4v) is 4.46. The van der Waals surface area contributed by atoms with Gasteiger partial charge in [-0.1, -0.05) is 35.8 Å². The number of ether oxygens (including phenoxy) is 2. The molecule has 3 rings (SSSR count). The van der Waals surface area contributed by atoms with Crippen LogP contribution >= 0.6 is 0 Å². The van der Waals surface area contributed by atoms with Gasteiger partial charge in [0.15, 0.2) is 11.2 Å². The van der Waals surface area contributed by atoms with Crippen molar-refractivity contribution in [2.75, 3.05) is 19.8 Å². The maximum atomic E-state index is 12.5. The van der Waals surface area contributed by atoms with Crippen LogP contribution in [0.1, 0.15) is 36.8 Å². The summed E-state index contributed by atoms with van der Waals surface area (Å²) in [7, 11) is -4.28. The number of nitro groups is 2. The maximum Gasteiger partial charge on any atom is 0.296 e. The van der Waals surface area contributed by atoms with E-state index in [2.05, 4.69) is 28.4 Å². The van der Waals surface area contributed by atoms with Crippen molar-refractivity contribution in [2.24, 2.45) is 0 Å². The van der Waals surface area contributed by atoms with Crippen LogP contribution in [0.3, 0.4) is 0 Å². The first-order chi connectivity index (χ1) is 17.3. The predicted molar refractivity (Wildman–Crippen MR) is 129 cm³/mol. The standard InChI is InChI=1S/C24H23N3O8S/c28-26(29)21-13-14-23(22(18-21)27(30)31)36(32,33)25-15-5-3-10-19-8-1-2-9-20(19)11-7-17-35-24-12-4-6-16-34-24/h1-2,8-9,13-14,18,24-25H,4-6,12,15-17H2. The minimum atomic E-state index is -4.28. The van der Waals surface area contributed by atoms with E-state index < -0.39 is 36.1 Å². The molecule has 0 aliphatic carbocycles. The molecule has 2 aromatic rings. The molecule has 11 nitrogen and oxygen atoms in total. The molecule has 0 amide bonds. The van der Waals surface area contributed by atoms with Gasteiger partial charge < -0.3 is 9.47 Å². The number of non-ortho nitro benzene ring substituents is 1. The molecule has 1 fully saturated rings. The number of nitrogens with zero attached hydrogens (tertiary/aromatic N) is 2. The molecule has 1 saturated heterocycles. The largest absolute Gasteiger partial charge is 0.353 e. The Morgan fingerprint density at radius 3 is 2.39 bits per heavy atom. The van der Waals surface area contributed by atoms with E-state index in [9.17, 15) is 28.6 Å². The van der Waals surface area contributed by atoms with Crippen molar-refractivity contribution in [3.8, 4) is 23.7 Å². The van der Waals surface area contributed by atoms with Crippen LogP contribution in [0.5, 0.6) is 0 Å². The number of hydrogen-bond donors (Lipinski definition) is 1. The highest BCUT2D eigenvalue weighted by molar-refractivity contribution is 7.89. The molecular weight excluding hydrogens is 490 g/mol. The summed E-state index contributed by atoms with van der Waals surface area (Å²) < 4.78 is 38.3. The SMILES string of the molecule is O=[N+]([O-])c1ccc(S(=O)(=O)NCCC#Cc2ccccc2C#CCOC2CCCCO2)c([N+](=O)[O-])c1.